The van der Waals surface area contributed by atoms with Gasteiger partial charge in [0.15, 0.2) is 6.10 Å². The van der Waals surface area contributed by atoms with E-state index < -0.39 is 26.5 Å². The van der Waals surface area contributed by atoms with E-state index in [4.69, 9.17) is 18.5 Å². The Balaban J connectivity index is 4.34. The van der Waals surface area contributed by atoms with Crippen LogP contribution in [0.15, 0.2) is 24.3 Å². The maximum atomic E-state index is 12.7. The summed E-state index contributed by atoms with van der Waals surface area (Å²) in [6.45, 7) is 4.41. The number of allylic oxidation sites excluding steroid dienone is 4. The van der Waals surface area contributed by atoms with Crippen molar-refractivity contribution in [1.82, 2.24) is 0 Å². The Bertz CT molecular complexity index is 1010. The summed E-state index contributed by atoms with van der Waals surface area (Å²) in [6.07, 6.45) is 42.2. The van der Waals surface area contributed by atoms with Crippen molar-refractivity contribution in [3.63, 3.8) is 0 Å². The summed E-state index contributed by atoms with van der Waals surface area (Å²) in [5, 5.41) is 0. The third kappa shape index (κ3) is 42.1. The number of phosphoric acid groups is 1. The SMILES string of the molecule is CCCCCCCC/C=C\CCCCCCCCCC(=O)OC(COC(=O)CCCCCCC/C=C\CCCCCCCC)COP(=O)(O)OCC[N+](C)(C)C. The minimum atomic E-state index is -4.38. The highest BCUT2D eigenvalue weighted by Gasteiger charge is 2.27. The summed E-state index contributed by atoms with van der Waals surface area (Å²) in [7, 11) is 1.47. The third-order valence-electron chi connectivity index (χ3n) is 9.95. The molecule has 1 N–H and O–H groups in total. The van der Waals surface area contributed by atoms with Gasteiger partial charge in [0.05, 0.1) is 27.7 Å². The minimum Gasteiger partial charge on any atom is -0.462 e. The molecule has 0 saturated carbocycles. The van der Waals surface area contributed by atoms with Gasteiger partial charge in [-0.15, -0.1) is 0 Å². The lowest BCUT2D eigenvalue weighted by Gasteiger charge is -2.24. The summed E-state index contributed by atoms with van der Waals surface area (Å²) in [6, 6.07) is 0. The van der Waals surface area contributed by atoms with Gasteiger partial charge in [0.25, 0.3) is 0 Å². The van der Waals surface area contributed by atoms with Crippen LogP contribution in [-0.2, 0) is 32.7 Å². The van der Waals surface area contributed by atoms with Crippen molar-refractivity contribution >= 4 is 19.8 Å². The molecule has 0 aliphatic carbocycles. The zero-order chi connectivity index (χ0) is 41.4. The summed E-state index contributed by atoms with van der Waals surface area (Å²) in [5.74, 6) is -0.808. The second-order valence-electron chi connectivity index (χ2n) is 16.8. The van der Waals surface area contributed by atoms with Gasteiger partial charge in [-0.1, -0.05) is 154 Å². The fourth-order valence-electron chi connectivity index (χ4n) is 6.30. The number of nitrogens with zero attached hydrogens (tertiary/aromatic N) is 1. The Morgan fingerprint density at radius 2 is 0.911 bits per heavy atom. The Morgan fingerprint density at radius 1 is 0.536 bits per heavy atom. The van der Waals surface area contributed by atoms with Crippen LogP contribution in [0.1, 0.15) is 206 Å². The van der Waals surface area contributed by atoms with Crippen LogP contribution in [0, 0.1) is 0 Å². The van der Waals surface area contributed by atoms with Gasteiger partial charge in [0.1, 0.15) is 19.8 Å². The molecule has 0 aromatic heterocycles. The third-order valence-corrected chi connectivity index (χ3v) is 10.9. The topological polar surface area (TPSA) is 108 Å². The van der Waals surface area contributed by atoms with Crippen LogP contribution in [-0.4, -0.2) is 74.9 Å². The monoisotopic (exact) mass is 815 g/mol. The Morgan fingerprint density at radius 3 is 1.32 bits per heavy atom. The fourth-order valence-corrected chi connectivity index (χ4v) is 7.04. The first kappa shape index (κ1) is 54.5. The molecule has 9 nitrogen and oxygen atoms in total. The van der Waals surface area contributed by atoms with Crippen molar-refractivity contribution in [2.45, 2.75) is 213 Å². The first-order chi connectivity index (χ1) is 27.0. The van der Waals surface area contributed by atoms with Gasteiger partial charge in [-0.2, -0.15) is 0 Å². The molecular weight excluding hydrogens is 725 g/mol. The molecule has 0 rings (SSSR count). The Labute approximate surface area is 345 Å². The first-order valence-corrected chi connectivity index (χ1v) is 24.6. The maximum absolute atomic E-state index is 12.7. The second kappa shape index (κ2) is 39.0. The number of hydrogen-bond acceptors (Lipinski definition) is 7. The number of rotatable bonds is 42. The first-order valence-electron chi connectivity index (χ1n) is 23.1. The van der Waals surface area contributed by atoms with Gasteiger partial charge in [-0.25, -0.2) is 4.57 Å². The molecule has 10 heteroatoms. The minimum absolute atomic E-state index is 0.0308. The molecule has 0 aliphatic rings. The van der Waals surface area contributed by atoms with E-state index in [-0.39, 0.29) is 32.0 Å². The summed E-state index contributed by atoms with van der Waals surface area (Å²) >= 11 is 0. The van der Waals surface area contributed by atoms with Crippen molar-refractivity contribution in [2.24, 2.45) is 0 Å². The highest BCUT2D eigenvalue weighted by Crippen LogP contribution is 2.43. The van der Waals surface area contributed by atoms with E-state index in [0.717, 1.165) is 64.2 Å². The number of phosphoric ester groups is 1. The van der Waals surface area contributed by atoms with Gasteiger partial charge in [-0.05, 0) is 64.2 Å². The smallest absolute Gasteiger partial charge is 0.462 e. The van der Waals surface area contributed by atoms with Crippen LogP contribution in [0.3, 0.4) is 0 Å². The van der Waals surface area contributed by atoms with Crippen LogP contribution >= 0.6 is 7.82 Å². The number of ether oxygens (including phenoxy) is 2. The van der Waals surface area contributed by atoms with E-state index in [1.54, 1.807) is 0 Å². The molecule has 2 unspecified atom stereocenters. The van der Waals surface area contributed by atoms with Gasteiger partial charge >= 0.3 is 19.8 Å². The zero-order valence-corrected chi connectivity index (χ0v) is 38.0. The lowest BCUT2D eigenvalue weighted by Crippen LogP contribution is -2.37. The number of carbonyl (C=O) groups excluding carboxylic acids is 2. The molecule has 0 spiro atoms. The van der Waals surface area contributed by atoms with E-state index in [9.17, 15) is 19.0 Å². The van der Waals surface area contributed by atoms with Crippen LogP contribution in [0.25, 0.3) is 0 Å². The molecule has 0 heterocycles. The molecule has 0 fully saturated rings. The van der Waals surface area contributed by atoms with Gasteiger partial charge in [0.2, 0.25) is 0 Å². The highest BCUT2D eigenvalue weighted by atomic mass is 31.2. The van der Waals surface area contributed by atoms with E-state index in [2.05, 4.69) is 38.2 Å². The molecule has 0 bridgehead atoms. The highest BCUT2D eigenvalue weighted by molar-refractivity contribution is 7.47. The second-order valence-corrected chi connectivity index (χ2v) is 18.2. The maximum Gasteiger partial charge on any atom is 0.472 e. The number of hydrogen-bond donors (Lipinski definition) is 1. The average molecular weight is 815 g/mol. The van der Waals surface area contributed by atoms with Crippen LogP contribution < -0.4 is 0 Å². The molecule has 0 aromatic carbocycles. The molecule has 56 heavy (non-hydrogen) atoms. The van der Waals surface area contributed by atoms with E-state index in [1.165, 1.54) is 109 Å². The van der Waals surface area contributed by atoms with Crippen molar-refractivity contribution in [3.8, 4) is 0 Å². The summed E-state index contributed by atoms with van der Waals surface area (Å²) in [4.78, 5) is 35.4. The number of esters is 2. The average Bonchev–Trinajstić information content (AvgIpc) is 3.15. The summed E-state index contributed by atoms with van der Waals surface area (Å²) in [5.41, 5.74) is 0. The van der Waals surface area contributed by atoms with Crippen molar-refractivity contribution in [1.29, 1.82) is 0 Å². The molecule has 0 amide bonds. The predicted octanol–water partition coefficient (Wildman–Crippen LogP) is 13.1. The number of likely N-dealkylation sites (N-methyl/N-ethyl adjacent to an activating group) is 1. The summed E-state index contributed by atoms with van der Waals surface area (Å²) < 4.78 is 34.3. The van der Waals surface area contributed by atoms with Crippen molar-refractivity contribution in [3.05, 3.63) is 24.3 Å². The van der Waals surface area contributed by atoms with Gasteiger partial charge in [-0.3, -0.25) is 18.6 Å². The van der Waals surface area contributed by atoms with Gasteiger partial charge in [0, 0.05) is 12.8 Å². The quantitative estimate of drug-likeness (QED) is 0.0213. The Hall–Kier alpha value is -1.51. The van der Waals surface area contributed by atoms with Crippen molar-refractivity contribution in [2.75, 3.05) is 47.5 Å². The molecule has 0 aliphatic heterocycles. The Kier molecular flexibility index (Phi) is 37.9. The number of unbranched alkanes of at least 4 members (excludes halogenated alkanes) is 24. The molecule has 330 valence electrons. The van der Waals surface area contributed by atoms with E-state index in [0.29, 0.717) is 17.4 Å². The van der Waals surface area contributed by atoms with E-state index in [1.807, 2.05) is 21.1 Å². The normalized spacial score (nSPS) is 13.8. The molecule has 0 radical (unpaired) electrons. The molecular formula is C46H89NO8P+. The zero-order valence-electron chi connectivity index (χ0n) is 37.1. The lowest BCUT2D eigenvalue weighted by atomic mass is 10.1. The largest absolute Gasteiger partial charge is 0.472 e. The van der Waals surface area contributed by atoms with Crippen LogP contribution in [0.2, 0.25) is 0 Å². The van der Waals surface area contributed by atoms with Crippen molar-refractivity contribution < 1.29 is 42.1 Å². The molecule has 0 aromatic rings. The number of quaternary nitrogens is 1. The fraction of sp³-hybridized carbons (Fsp3) is 0.870. The van der Waals surface area contributed by atoms with Crippen LogP contribution in [0.4, 0.5) is 0 Å². The van der Waals surface area contributed by atoms with Gasteiger partial charge < -0.3 is 18.9 Å². The number of carbonyl (C=O) groups is 2. The lowest BCUT2D eigenvalue weighted by molar-refractivity contribution is -0.870. The molecule has 2 atom stereocenters. The predicted molar refractivity (Wildman–Crippen MR) is 234 cm³/mol. The molecule has 0 saturated heterocycles. The van der Waals surface area contributed by atoms with Crippen LogP contribution in [0.5, 0.6) is 0 Å². The van der Waals surface area contributed by atoms with E-state index >= 15 is 0 Å². The standard InChI is InChI=1S/C46H88NO8P/c1-6-8-10-12-14-16-18-20-22-23-25-27-29-31-33-35-37-39-46(49)55-44(43-54-56(50,51)53-41-40-47(3,4)5)42-52-45(48)38-36-34-32-30-28-26-24-21-19-17-15-13-11-9-7-2/h20-22,24,44H,6-19,23,25-43H2,1-5H3/p+1/b22-20-,24-21-.